The van der Waals surface area contributed by atoms with Crippen molar-refractivity contribution < 1.29 is 4.74 Å². The smallest absolute Gasteiger partial charge is 0.123 e. The quantitative estimate of drug-likeness (QED) is 0.882. The summed E-state index contributed by atoms with van der Waals surface area (Å²) in [6.07, 6.45) is 0. The maximum Gasteiger partial charge on any atom is 0.123 e. The van der Waals surface area contributed by atoms with Gasteiger partial charge in [0.15, 0.2) is 0 Å². The molecule has 1 aliphatic rings. The summed E-state index contributed by atoms with van der Waals surface area (Å²) in [4.78, 5) is 0. The normalized spacial score (nSPS) is 19.5. The Hall–Kier alpha value is -1.41. The number of rotatable bonds is 2. The molecule has 0 amide bonds. The second-order valence-corrected chi connectivity index (χ2v) is 5.34. The Morgan fingerprint density at radius 2 is 2.18 bits per heavy atom. The highest BCUT2D eigenvalue weighted by atomic mass is 32.1. The average molecular weight is 244 g/mol. The van der Waals surface area contributed by atoms with E-state index in [1.807, 2.05) is 12.1 Å². The zero-order valence-electron chi connectivity index (χ0n) is 9.22. The van der Waals surface area contributed by atoms with E-state index in [0.29, 0.717) is 13.2 Å². The number of nitriles is 1. The third-order valence-corrected chi connectivity index (χ3v) is 4.36. The van der Waals surface area contributed by atoms with Crippen LogP contribution in [0.1, 0.15) is 11.6 Å². The van der Waals surface area contributed by atoms with Crippen molar-refractivity contribution in [3.8, 4) is 6.07 Å². The third-order valence-electron chi connectivity index (χ3n) is 3.38. The van der Waals surface area contributed by atoms with E-state index in [2.05, 4.69) is 23.6 Å². The molecule has 1 saturated heterocycles. The lowest BCUT2D eigenvalue weighted by atomic mass is 9.77. The number of hydrogen-bond donors (Lipinski definition) is 1. The lowest BCUT2D eigenvalue weighted by molar-refractivity contribution is -0.0908. The molecule has 2 aromatic rings. The van der Waals surface area contributed by atoms with Crippen LogP contribution in [0.5, 0.6) is 0 Å². The first-order chi connectivity index (χ1) is 8.27. The van der Waals surface area contributed by atoms with Crippen LogP contribution in [0.2, 0.25) is 0 Å². The summed E-state index contributed by atoms with van der Waals surface area (Å²) in [5.74, 6) is 0. The minimum Gasteiger partial charge on any atom is -0.378 e. The molecule has 1 aromatic heterocycles. The van der Waals surface area contributed by atoms with E-state index in [1.165, 1.54) is 4.70 Å². The van der Waals surface area contributed by atoms with Gasteiger partial charge in [0.25, 0.3) is 0 Å². The van der Waals surface area contributed by atoms with Crippen LogP contribution in [0.4, 0.5) is 0 Å². The summed E-state index contributed by atoms with van der Waals surface area (Å²) in [6, 6.07) is 10.2. The van der Waals surface area contributed by atoms with E-state index in [0.717, 1.165) is 10.9 Å². The predicted molar refractivity (Wildman–Crippen MR) is 67.6 cm³/mol. The molecule has 2 heterocycles. The molecule has 0 spiro atoms. The molecule has 1 fully saturated rings. The first-order valence-corrected chi connectivity index (χ1v) is 6.35. The Morgan fingerprint density at radius 3 is 2.82 bits per heavy atom. The molecule has 17 heavy (non-hydrogen) atoms. The highest BCUT2D eigenvalue weighted by Crippen LogP contribution is 2.42. The predicted octanol–water partition coefficient (Wildman–Crippen LogP) is 2.44. The molecule has 1 aromatic carbocycles. The van der Waals surface area contributed by atoms with Crippen LogP contribution in [0.3, 0.4) is 0 Å². The summed E-state index contributed by atoms with van der Waals surface area (Å²) in [7, 11) is 0. The molecule has 3 rings (SSSR count). The fourth-order valence-corrected chi connectivity index (χ4v) is 3.17. The van der Waals surface area contributed by atoms with E-state index in [4.69, 9.17) is 10.5 Å². The van der Waals surface area contributed by atoms with Crippen LogP contribution in [0.15, 0.2) is 29.6 Å². The summed E-state index contributed by atoms with van der Waals surface area (Å²) >= 11 is 1.67. The second kappa shape index (κ2) is 3.81. The standard InChI is InChI=1S/C13H12N2OS/c14-6-13(7-16-8-13)12(15)10-5-17-11-4-2-1-3-9(10)11/h1-5,12H,7-8,15H2. The van der Waals surface area contributed by atoms with Crippen molar-refractivity contribution in [2.75, 3.05) is 13.2 Å². The molecular weight excluding hydrogens is 232 g/mol. The van der Waals surface area contributed by atoms with Gasteiger partial charge < -0.3 is 10.5 Å². The van der Waals surface area contributed by atoms with E-state index in [-0.39, 0.29) is 6.04 Å². The van der Waals surface area contributed by atoms with Gasteiger partial charge in [0.2, 0.25) is 0 Å². The monoisotopic (exact) mass is 244 g/mol. The Balaban J connectivity index is 2.07. The van der Waals surface area contributed by atoms with Crippen molar-refractivity contribution in [3.63, 3.8) is 0 Å². The number of nitrogens with zero attached hydrogens (tertiary/aromatic N) is 1. The van der Waals surface area contributed by atoms with Gasteiger partial charge in [0.05, 0.1) is 25.3 Å². The zero-order chi connectivity index (χ0) is 11.9. The van der Waals surface area contributed by atoms with Gasteiger partial charge >= 0.3 is 0 Å². The molecule has 3 nitrogen and oxygen atoms in total. The number of hydrogen-bond acceptors (Lipinski definition) is 4. The number of fused-ring (bicyclic) bond motifs is 1. The Labute approximate surface area is 103 Å². The van der Waals surface area contributed by atoms with Gasteiger partial charge in [-0.15, -0.1) is 11.3 Å². The molecule has 86 valence electrons. The lowest BCUT2D eigenvalue weighted by Crippen LogP contribution is -2.49. The first-order valence-electron chi connectivity index (χ1n) is 5.47. The van der Waals surface area contributed by atoms with Gasteiger partial charge in [0.1, 0.15) is 5.41 Å². The molecular formula is C13H12N2OS. The number of nitrogens with two attached hydrogens (primary N) is 1. The zero-order valence-corrected chi connectivity index (χ0v) is 10.0. The Morgan fingerprint density at radius 1 is 1.41 bits per heavy atom. The fraction of sp³-hybridized carbons (Fsp3) is 0.308. The van der Waals surface area contributed by atoms with Crippen molar-refractivity contribution in [3.05, 3.63) is 35.2 Å². The van der Waals surface area contributed by atoms with Crippen LogP contribution in [-0.4, -0.2) is 13.2 Å². The molecule has 1 atom stereocenters. The van der Waals surface area contributed by atoms with Crippen molar-refractivity contribution >= 4 is 21.4 Å². The minimum absolute atomic E-state index is 0.266. The molecule has 0 radical (unpaired) electrons. The van der Waals surface area contributed by atoms with E-state index in [9.17, 15) is 5.26 Å². The number of thiophene rings is 1. The average Bonchev–Trinajstić information content (AvgIpc) is 2.71. The van der Waals surface area contributed by atoms with Crippen LogP contribution < -0.4 is 5.73 Å². The van der Waals surface area contributed by atoms with Gasteiger partial charge in [0, 0.05) is 4.70 Å². The maximum absolute atomic E-state index is 9.27. The van der Waals surface area contributed by atoms with Crippen molar-refractivity contribution in [1.82, 2.24) is 0 Å². The van der Waals surface area contributed by atoms with Gasteiger partial charge in [-0.1, -0.05) is 18.2 Å². The van der Waals surface area contributed by atoms with Gasteiger partial charge in [-0.2, -0.15) is 5.26 Å². The largest absolute Gasteiger partial charge is 0.378 e. The van der Waals surface area contributed by atoms with Gasteiger partial charge in [-0.25, -0.2) is 0 Å². The summed E-state index contributed by atoms with van der Waals surface area (Å²) in [5, 5.41) is 12.5. The molecule has 2 N–H and O–H groups in total. The molecule has 0 aliphatic carbocycles. The Bertz CT molecular complexity index is 595. The second-order valence-electron chi connectivity index (χ2n) is 4.43. The lowest BCUT2D eigenvalue weighted by Gasteiger charge is -2.39. The third kappa shape index (κ3) is 1.48. The van der Waals surface area contributed by atoms with E-state index < -0.39 is 5.41 Å². The van der Waals surface area contributed by atoms with Gasteiger partial charge in [-0.3, -0.25) is 0 Å². The Kier molecular flexibility index (Phi) is 2.40. The maximum atomic E-state index is 9.27. The number of ether oxygens (including phenoxy) is 1. The van der Waals surface area contributed by atoms with E-state index >= 15 is 0 Å². The molecule has 0 bridgehead atoms. The first kappa shape index (κ1) is 10.7. The van der Waals surface area contributed by atoms with Gasteiger partial charge in [-0.05, 0) is 22.4 Å². The van der Waals surface area contributed by atoms with Crippen LogP contribution in [0, 0.1) is 16.7 Å². The van der Waals surface area contributed by atoms with Crippen LogP contribution in [-0.2, 0) is 4.74 Å². The van der Waals surface area contributed by atoms with Crippen molar-refractivity contribution in [1.29, 1.82) is 5.26 Å². The highest BCUT2D eigenvalue weighted by Gasteiger charge is 2.46. The summed E-state index contributed by atoms with van der Waals surface area (Å²) in [5.41, 5.74) is 6.79. The van der Waals surface area contributed by atoms with Crippen molar-refractivity contribution in [2.24, 2.45) is 11.1 Å². The summed E-state index contributed by atoms with van der Waals surface area (Å²) < 4.78 is 6.38. The van der Waals surface area contributed by atoms with Crippen LogP contribution in [0.25, 0.3) is 10.1 Å². The van der Waals surface area contributed by atoms with E-state index in [1.54, 1.807) is 11.3 Å². The molecule has 1 aliphatic heterocycles. The topological polar surface area (TPSA) is 59.0 Å². The fourth-order valence-electron chi connectivity index (χ4n) is 2.17. The van der Waals surface area contributed by atoms with Crippen LogP contribution >= 0.6 is 11.3 Å². The van der Waals surface area contributed by atoms with Crippen molar-refractivity contribution in [2.45, 2.75) is 6.04 Å². The highest BCUT2D eigenvalue weighted by molar-refractivity contribution is 7.17. The summed E-state index contributed by atoms with van der Waals surface area (Å²) in [6.45, 7) is 0.879. The molecule has 1 unspecified atom stereocenters. The molecule has 0 saturated carbocycles. The molecule has 4 heteroatoms. The minimum atomic E-state index is -0.538. The SMILES string of the molecule is N#CC1(C(N)c2csc3ccccc23)COC1. The number of benzene rings is 1.